The summed E-state index contributed by atoms with van der Waals surface area (Å²) in [5.74, 6) is 2.42. The van der Waals surface area contributed by atoms with Crippen LogP contribution in [-0.2, 0) is 6.54 Å². The minimum Gasteiger partial charge on any atom is -0.494 e. The molecule has 9 nitrogen and oxygen atoms in total. The number of carbonyl (C=O) groups excluding carboxylic acids is 1. The van der Waals surface area contributed by atoms with E-state index in [0.717, 1.165) is 19.3 Å². The van der Waals surface area contributed by atoms with Crippen LogP contribution in [0.25, 0.3) is 5.65 Å². The molecule has 3 aromatic rings. The van der Waals surface area contributed by atoms with E-state index in [1.165, 1.54) is 41.3 Å². The van der Waals surface area contributed by atoms with Crippen molar-refractivity contribution in [1.29, 1.82) is 0 Å². The molecule has 1 saturated carbocycles. The Morgan fingerprint density at radius 2 is 1.83 bits per heavy atom. The monoisotopic (exact) mass is 496 g/mol. The predicted molar refractivity (Wildman–Crippen MR) is 137 cm³/mol. The quantitative estimate of drug-likeness (QED) is 0.212. The average Bonchev–Trinajstić information content (AvgIpc) is 3.20. The second kappa shape index (κ2) is 12.6. The molecule has 1 fully saturated rings. The lowest BCUT2D eigenvalue weighted by atomic mass is 9.90. The summed E-state index contributed by atoms with van der Waals surface area (Å²) in [6.07, 6.45) is 9.42. The Morgan fingerprint density at radius 1 is 1.06 bits per heavy atom. The van der Waals surface area contributed by atoms with Crippen LogP contribution in [-0.4, -0.2) is 40.3 Å². The van der Waals surface area contributed by atoms with E-state index in [4.69, 9.17) is 19.9 Å². The van der Waals surface area contributed by atoms with Crippen LogP contribution < -0.4 is 24.6 Å². The van der Waals surface area contributed by atoms with Crippen LogP contribution in [0.15, 0.2) is 30.3 Å². The number of benzene rings is 1. The van der Waals surface area contributed by atoms with Crippen molar-refractivity contribution in [1.82, 2.24) is 14.7 Å². The topological polar surface area (TPSA) is 105 Å². The normalized spacial score (nSPS) is 14.2. The highest BCUT2D eigenvalue weighted by atomic mass is 16.5. The average molecular weight is 497 g/mol. The van der Waals surface area contributed by atoms with E-state index in [9.17, 15) is 4.79 Å². The van der Waals surface area contributed by atoms with Crippen molar-refractivity contribution in [3.63, 3.8) is 0 Å². The number of rotatable bonds is 13. The highest BCUT2D eigenvalue weighted by Crippen LogP contribution is 2.27. The second-order valence-corrected chi connectivity index (χ2v) is 9.38. The minimum atomic E-state index is -0.143. The Bertz CT molecular complexity index is 1160. The molecule has 1 aromatic carbocycles. The number of fused-ring (bicyclic) bond motifs is 1. The highest BCUT2D eigenvalue weighted by Gasteiger charge is 2.22. The molecular weight excluding hydrogens is 458 g/mol. The number of unbranched alkanes of at least 4 members (excludes halogenated alkanes) is 2. The lowest BCUT2D eigenvalue weighted by Gasteiger charge is -2.22. The molecule has 2 heterocycles. The molecule has 0 atom stereocenters. The SMILES string of the molecule is CCCCCOc1ccc2n[n+](CC(=O)c3cc(OCC)cc(OCC4CCCCC4)c3)c(N)n2n1. The van der Waals surface area contributed by atoms with Crippen LogP contribution in [0.1, 0.15) is 75.6 Å². The molecule has 36 heavy (non-hydrogen) atoms. The molecule has 0 amide bonds. The van der Waals surface area contributed by atoms with Crippen LogP contribution >= 0.6 is 0 Å². The first-order valence-electron chi connectivity index (χ1n) is 13.2. The van der Waals surface area contributed by atoms with Gasteiger partial charge in [-0.3, -0.25) is 10.5 Å². The lowest BCUT2D eigenvalue weighted by molar-refractivity contribution is -0.723. The van der Waals surface area contributed by atoms with Gasteiger partial charge in [-0.05, 0) is 44.2 Å². The van der Waals surface area contributed by atoms with Gasteiger partial charge < -0.3 is 14.2 Å². The van der Waals surface area contributed by atoms with Crippen molar-refractivity contribution in [2.45, 2.75) is 71.8 Å². The maximum absolute atomic E-state index is 13.2. The number of hydrogen-bond acceptors (Lipinski definition) is 7. The number of nitrogens with two attached hydrogens (primary N) is 1. The Morgan fingerprint density at radius 3 is 2.58 bits per heavy atom. The first-order valence-corrected chi connectivity index (χ1v) is 13.2. The molecule has 1 aliphatic rings. The molecule has 0 unspecified atom stereocenters. The smallest absolute Gasteiger partial charge is 0.401 e. The number of ether oxygens (including phenoxy) is 3. The molecule has 9 heteroatoms. The van der Waals surface area contributed by atoms with Gasteiger partial charge in [0, 0.05) is 23.8 Å². The van der Waals surface area contributed by atoms with Crippen LogP contribution in [0.3, 0.4) is 0 Å². The molecular formula is C27H38N5O4+. The summed E-state index contributed by atoms with van der Waals surface area (Å²) in [6.45, 7) is 5.79. The molecule has 194 valence electrons. The Balaban J connectivity index is 1.47. The van der Waals surface area contributed by atoms with Crippen molar-refractivity contribution in [3.8, 4) is 17.4 Å². The number of Topliss-reactive ketones (excluding diaryl/α,β-unsaturated/α-hetero) is 1. The summed E-state index contributed by atoms with van der Waals surface area (Å²) in [5.41, 5.74) is 7.33. The van der Waals surface area contributed by atoms with Gasteiger partial charge in [0.25, 0.3) is 5.65 Å². The predicted octanol–water partition coefficient (Wildman–Crippen LogP) is 4.41. The van der Waals surface area contributed by atoms with E-state index in [1.807, 2.05) is 13.0 Å². The van der Waals surface area contributed by atoms with Gasteiger partial charge in [-0.2, -0.15) is 0 Å². The zero-order valence-electron chi connectivity index (χ0n) is 21.4. The Labute approximate surface area is 212 Å². The van der Waals surface area contributed by atoms with Gasteiger partial charge >= 0.3 is 5.95 Å². The standard InChI is InChI=1S/C27H37N5O4/c1-3-5-9-14-35-26-13-12-25-29-31(27(28)32(25)30-26)18-24(33)21-15-22(34-4-2)17-23(16-21)36-19-20-10-7-6-8-11-20/h12-13,15-17,20,28H,3-11,14,18-19H2,1-2H3/p+1. The number of nitrogens with zero attached hydrogens (tertiary/aromatic N) is 4. The number of hydrogen-bond donors (Lipinski definition) is 1. The van der Waals surface area contributed by atoms with Crippen LogP contribution in [0.5, 0.6) is 17.4 Å². The van der Waals surface area contributed by atoms with E-state index < -0.39 is 0 Å². The number of carbonyl (C=O) groups is 1. The molecule has 0 radical (unpaired) electrons. The summed E-state index contributed by atoms with van der Waals surface area (Å²) in [7, 11) is 0. The third-order valence-electron chi connectivity index (χ3n) is 6.51. The Hall–Kier alpha value is -3.36. The largest absolute Gasteiger partial charge is 0.494 e. The molecule has 2 N–H and O–H groups in total. The summed E-state index contributed by atoms with van der Waals surface area (Å²) < 4.78 is 20.5. The summed E-state index contributed by atoms with van der Waals surface area (Å²) in [4.78, 5) is 13.2. The van der Waals surface area contributed by atoms with Gasteiger partial charge in [-0.1, -0.05) is 53.7 Å². The van der Waals surface area contributed by atoms with E-state index in [-0.39, 0.29) is 18.3 Å². The number of nitrogen functional groups attached to an aromatic ring is 1. The van der Waals surface area contributed by atoms with Crippen LogP contribution in [0, 0.1) is 5.92 Å². The number of ketones is 1. The number of aromatic nitrogens is 4. The second-order valence-electron chi connectivity index (χ2n) is 9.38. The van der Waals surface area contributed by atoms with E-state index in [1.54, 1.807) is 24.3 Å². The summed E-state index contributed by atoms with van der Waals surface area (Å²) in [6, 6.07) is 8.92. The zero-order valence-corrected chi connectivity index (χ0v) is 21.4. The van der Waals surface area contributed by atoms with Crippen molar-refractivity contribution < 1.29 is 23.7 Å². The first kappa shape index (κ1) is 25.7. The zero-order chi connectivity index (χ0) is 25.3. The third-order valence-corrected chi connectivity index (χ3v) is 6.51. The van der Waals surface area contributed by atoms with Gasteiger partial charge in [0.05, 0.1) is 19.8 Å². The maximum Gasteiger partial charge on any atom is 0.401 e. The van der Waals surface area contributed by atoms with E-state index in [0.29, 0.717) is 54.3 Å². The number of anilines is 1. The lowest BCUT2D eigenvalue weighted by Crippen LogP contribution is -2.42. The summed E-state index contributed by atoms with van der Waals surface area (Å²) >= 11 is 0. The van der Waals surface area contributed by atoms with Gasteiger partial charge in [0.2, 0.25) is 5.88 Å². The van der Waals surface area contributed by atoms with Crippen molar-refractivity contribution in [3.05, 3.63) is 35.9 Å². The fraction of sp³-hybridized carbons (Fsp3) is 0.556. The van der Waals surface area contributed by atoms with E-state index in [2.05, 4.69) is 17.1 Å². The van der Waals surface area contributed by atoms with Crippen molar-refractivity contribution >= 4 is 17.4 Å². The summed E-state index contributed by atoms with van der Waals surface area (Å²) in [5, 5.41) is 8.89. The molecule has 0 saturated heterocycles. The Kier molecular flexibility index (Phi) is 8.97. The first-order chi connectivity index (χ1) is 17.6. The molecule has 2 aromatic heterocycles. The fourth-order valence-electron chi connectivity index (χ4n) is 4.51. The minimum absolute atomic E-state index is 0.0282. The van der Waals surface area contributed by atoms with Gasteiger partial charge in [-0.25, -0.2) is 0 Å². The van der Waals surface area contributed by atoms with Gasteiger partial charge in [0.15, 0.2) is 12.3 Å². The molecule has 1 aliphatic carbocycles. The molecule has 0 aliphatic heterocycles. The van der Waals surface area contributed by atoms with Crippen LogP contribution in [0.4, 0.5) is 5.95 Å². The fourth-order valence-corrected chi connectivity index (χ4v) is 4.51. The molecule has 0 bridgehead atoms. The van der Waals surface area contributed by atoms with E-state index >= 15 is 0 Å². The van der Waals surface area contributed by atoms with Gasteiger partial charge in [-0.15, -0.1) is 4.68 Å². The van der Waals surface area contributed by atoms with Crippen molar-refractivity contribution in [2.24, 2.45) is 5.92 Å². The molecule has 4 rings (SSSR count). The maximum atomic E-state index is 13.2. The van der Waals surface area contributed by atoms with Crippen LogP contribution in [0.2, 0.25) is 0 Å². The van der Waals surface area contributed by atoms with Crippen molar-refractivity contribution in [2.75, 3.05) is 25.6 Å². The highest BCUT2D eigenvalue weighted by molar-refractivity contribution is 5.96. The third kappa shape index (κ3) is 6.65. The van der Waals surface area contributed by atoms with Gasteiger partial charge in [0.1, 0.15) is 11.5 Å². The molecule has 0 spiro atoms.